The van der Waals surface area contributed by atoms with E-state index in [1.54, 1.807) is 16.6 Å². The Bertz CT molecular complexity index is 1010. The van der Waals surface area contributed by atoms with Crippen LogP contribution in [0.1, 0.15) is 33.4 Å². The molecule has 27 heavy (non-hydrogen) atoms. The fourth-order valence-electron chi connectivity index (χ4n) is 2.81. The second kappa shape index (κ2) is 7.41. The SMILES string of the molecule is CCc1nn2c(-c3ccc(Cl)cc3Cl)cccc2c1NC(=O)OC(C)(C)C. The molecule has 0 fully saturated rings. The quantitative estimate of drug-likeness (QED) is 0.562. The van der Waals surface area contributed by atoms with Gasteiger partial charge in [-0.1, -0.05) is 36.2 Å². The van der Waals surface area contributed by atoms with Gasteiger partial charge in [0.15, 0.2) is 0 Å². The van der Waals surface area contributed by atoms with Crippen LogP contribution < -0.4 is 5.32 Å². The van der Waals surface area contributed by atoms with Gasteiger partial charge in [-0.15, -0.1) is 0 Å². The van der Waals surface area contributed by atoms with E-state index in [-0.39, 0.29) is 0 Å². The van der Waals surface area contributed by atoms with Crippen molar-refractivity contribution in [1.29, 1.82) is 0 Å². The maximum absolute atomic E-state index is 12.3. The van der Waals surface area contributed by atoms with Crippen LogP contribution in [0.15, 0.2) is 36.4 Å². The van der Waals surface area contributed by atoms with E-state index < -0.39 is 11.7 Å². The number of amides is 1. The zero-order chi connectivity index (χ0) is 19.8. The summed E-state index contributed by atoms with van der Waals surface area (Å²) in [5, 5.41) is 8.62. The van der Waals surface area contributed by atoms with E-state index in [4.69, 9.17) is 27.9 Å². The predicted octanol–water partition coefficient (Wildman–Crippen LogP) is 6.22. The van der Waals surface area contributed by atoms with E-state index >= 15 is 0 Å². The smallest absolute Gasteiger partial charge is 0.412 e. The third-order valence-corrected chi connectivity index (χ3v) is 4.45. The maximum Gasteiger partial charge on any atom is 0.412 e. The van der Waals surface area contributed by atoms with Crippen LogP contribution in [0.5, 0.6) is 0 Å². The van der Waals surface area contributed by atoms with Crippen molar-refractivity contribution in [3.05, 3.63) is 52.1 Å². The van der Waals surface area contributed by atoms with E-state index in [9.17, 15) is 4.79 Å². The van der Waals surface area contributed by atoms with Gasteiger partial charge in [-0.3, -0.25) is 5.32 Å². The Morgan fingerprint density at radius 3 is 2.59 bits per heavy atom. The number of benzene rings is 1. The molecule has 3 aromatic rings. The van der Waals surface area contributed by atoms with Crippen LogP contribution in [-0.4, -0.2) is 21.3 Å². The molecular weight excluding hydrogens is 385 g/mol. The van der Waals surface area contributed by atoms with Gasteiger partial charge in [-0.05, 0) is 57.5 Å². The second-order valence-corrected chi connectivity index (χ2v) is 7.98. The molecule has 0 unspecified atom stereocenters. The summed E-state index contributed by atoms with van der Waals surface area (Å²) in [6, 6.07) is 11.1. The van der Waals surface area contributed by atoms with Crippen LogP contribution in [0.3, 0.4) is 0 Å². The Balaban J connectivity index is 2.10. The van der Waals surface area contributed by atoms with Gasteiger partial charge in [-0.25, -0.2) is 9.31 Å². The molecule has 0 aliphatic heterocycles. The number of fused-ring (bicyclic) bond motifs is 1. The molecule has 1 aromatic carbocycles. The van der Waals surface area contributed by atoms with E-state index in [1.165, 1.54) is 0 Å². The lowest BCUT2D eigenvalue weighted by molar-refractivity contribution is 0.0636. The molecule has 5 nitrogen and oxygen atoms in total. The molecule has 0 spiro atoms. The first-order valence-electron chi connectivity index (χ1n) is 8.65. The number of carbonyl (C=O) groups is 1. The number of pyridine rings is 1. The number of nitrogens with zero attached hydrogens (tertiary/aromatic N) is 2. The fraction of sp³-hybridized carbons (Fsp3) is 0.300. The minimum Gasteiger partial charge on any atom is -0.444 e. The number of halogens is 2. The molecule has 0 saturated heterocycles. The van der Waals surface area contributed by atoms with Crippen molar-refractivity contribution >= 4 is 40.5 Å². The van der Waals surface area contributed by atoms with E-state index in [2.05, 4.69) is 10.4 Å². The van der Waals surface area contributed by atoms with E-state index in [0.29, 0.717) is 22.2 Å². The molecule has 2 aromatic heterocycles. The number of aryl methyl sites for hydroxylation is 1. The number of nitrogens with one attached hydrogen (secondary N) is 1. The fourth-order valence-corrected chi connectivity index (χ4v) is 3.31. The van der Waals surface area contributed by atoms with Crippen LogP contribution in [0.25, 0.3) is 16.8 Å². The summed E-state index contributed by atoms with van der Waals surface area (Å²) in [5.41, 5.74) is 3.20. The van der Waals surface area contributed by atoms with Crippen LogP contribution in [-0.2, 0) is 11.2 Å². The number of ether oxygens (including phenoxy) is 1. The zero-order valence-corrected chi connectivity index (χ0v) is 17.1. The molecule has 1 amide bonds. The number of hydrogen-bond donors (Lipinski definition) is 1. The second-order valence-electron chi connectivity index (χ2n) is 7.13. The molecule has 0 bridgehead atoms. The van der Waals surface area contributed by atoms with Gasteiger partial charge in [0.05, 0.1) is 27.6 Å². The van der Waals surface area contributed by atoms with Crippen molar-refractivity contribution in [2.45, 2.75) is 39.7 Å². The largest absolute Gasteiger partial charge is 0.444 e. The molecule has 0 radical (unpaired) electrons. The van der Waals surface area contributed by atoms with Gasteiger partial charge in [0.1, 0.15) is 5.60 Å². The summed E-state index contributed by atoms with van der Waals surface area (Å²) in [6.45, 7) is 7.45. The van der Waals surface area contributed by atoms with Crippen molar-refractivity contribution in [3.63, 3.8) is 0 Å². The molecule has 0 aliphatic carbocycles. The topological polar surface area (TPSA) is 55.6 Å². The number of aromatic nitrogens is 2. The Morgan fingerprint density at radius 1 is 1.22 bits per heavy atom. The summed E-state index contributed by atoms with van der Waals surface area (Å²) in [5.74, 6) is 0. The Hall–Kier alpha value is -2.24. The van der Waals surface area contributed by atoms with E-state index in [1.807, 2.05) is 52.0 Å². The molecular formula is C20H21Cl2N3O2. The van der Waals surface area contributed by atoms with Gasteiger partial charge >= 0.3 is 6.09 Å². The molecule has 1 N–H and O–H groups in total. The lowest BCUT2D eigenvalue weighted by Gasteiger charge is -2.19. The molecule has 0 saturated carbocycles. The van der Waals surface area contributed by atoms with Gasteiger partial charge in [0.2, 0.25) is 0 Å². The van der Waals surface area contributed by atoms with Crippen LogP contribution in [0.4, 0.5) is 10.5 Å². The van der Waals surface area contributed by atoms with Crippen LogP contribution in [0.2, 0.25) is 10.0 Å². The molecule has 7 heteroatoms. The normalized spacial score (nSPS) is 11.6. The van der Waals surface area contributed by atoms with Gasteiger partial charge in [-0.2, -0.15) is 5.10 Å². The monoisotopic (exact) mass is 405 g/mol. The standard InChI is InChI=1S/C20H21Cl2N3O2/c1-5-15-18(23-19(26)27-20(2,3)4)17-8-6-7-16(25(17)24-15)13-10-9-12(21)11-14(13)22/h6-11H,5H2,1-4H3,(H,23,26). The summed E-state index contributed by atoms with van der Waals surface area (Å²) < 4.78 is 7.16. The lowest BCUT2D eigenvalue weighted by Crippen LogP contribution is -2.27. The minimum absolute atomic E-state index is 0.512. The van der Waals surface area contributed by atoms with Crippen LogP contribution in [0, 0.1) is 0 Å². The first-order chi connectivity index (χ1) is 12.7. The molecule has 0 atom stereocenters. The lowest BCUT2D eigenvalue weighted by atomic mass is 10.1. The number of rotatable bonds is 3. The van der Waals surface area contributed by atoms with E-state index in [0.717, 1.165) is 22.5 Å². The predicted molar refractivity (Wildman–Crippen MR) is 110 cm³/mol. The number of anilines is 1. The van der Waals surface area contributed by atoms with Gasteiger partial charge in [0, 0.05) is 10.6 Å². The maximum atomic E-state index is 12.3. The number of carbonyl (C=O) groups excluding carboxylic acids is 1. The zero-order valence-electron chi connectivity index (χ0n) is 15.6. The van der Waals surface area contributed by atoms with Gasteiger partial charge < -0.3 is 4.74 Å². The highest BCUT2D eigenvalue weighted by Crippen LogP contribution is 2.33. The van der Waals surface area contributed by atoms with Crippen molar-refractivity contribution < 1.29 is 9.53 Å². The Morgan fingerprint density at radius 2 is 1.96 bits per heavy atom. The Kier molecular flexibility index (Phi) is 5.36. The van der Waals surface area contributed by atoms with Crippen molar-refractivity contribution in [2.75, 3.05) is 5.32 Å². The molecule has 2 heterocycles. The van der Waals surface area contributed by atoms with Gasteiger partial charge in [0.25, 0.3) is 0 Å². The van der Waals surface area contributed by atoms with Crippen molar-refractivity contribution in [2.24, 2.45) is 0 Å². The summed E-state index contributed by atoms with van der Waals surface area (Å²) in [6.07, 6.45) is 0.141. The highest BCUT2D eigenvalue weighted by molar-refractivity contribution is 6.36. The molecule has 3 rings (SSSR count). The first-order valence-corrected chi connectivity index (χ1v) is 9.41. The third-order valence-electron chi connectivity index (χ3n) is 3.90. The summed E-state index contributed by atoms with van der Waals surface area (Å²) in [4.78, 5) is 12.3. The Labute approximate surface area is 168 Å². The highest BCUT2D eigenvalue weighted by atomic mass is 35.5. The molecule has 0 aliphatic rings. The minimum atomic E-state index is -0.582. The summed E-state index contributed by atoms with van der Waals surface area (Å²) >= 11 is 12.4. The molecule has 142 valence electrons. The average Bonchev–Trinajstić information content (AvgIpc) is 2.91. The summed E-state index contributed by atoms with van der Waals surface area (Å²) in [7, 11) is 0. The first kappa shape index (κ1) is 19.5. The average molecular weight is 406 g/mol. The van der Waals surface area contributed by atoms with Crippen molar-refractivity contribution in [1.82, 2.24) is 9.61 Å². The highest BCUT2D eigenvalue weighted by Gasteiger charge is 2.21. The van der Waals surface area contributed by atoms with Crippen molar-refractivity contribution in [3.8, 4) is 11.3 Å². The van der Waals surface area contributed by atoms with Crippen LogP contribution >= 0.6 is 23.2 Å². The number of hydrogen-bond acceptors (Lipinski definition) is 3. The third kappa shape index (κ3) is 4.20.